The first-order valence-corrected chi connectivity index (χ1v) is 9.00. The second-order valence-electron chi connectivity index (χ2n) is 5.83. The van der Waals surface area contributed by atoms with E-state index in [4.69, 9.17) is 11.6 Å². The van der Waals surface area contributed by atoms with Crippen LogP contribution in [0.25, 0.3) is 0 Å². The summed E-state index contributed by atoms with van der Waals surface area (Å²) in [6, 6.07) is 15.5. The van der Waals surface area contributed by atoms with Gasteiger partial charge in [0.05, 0.1) is 0 Å². The Morgan fingerprint density at radius 1 is 1.00 bits per heavy atom. The van der Waals surface area contributed by atoms with E-state index in [1.54, 1.807) is 14.1 Å². The molecule has 0 fully saturated rings. The Balaban J connectivity index is 1.75. The molecule has 0 aliphatic rings. The van der Waals surface area contributed by atoms with Gasteiger partial charge in [-0.1, -0.05) is 35.9 Å². The van der Waals surface area contributed by atoms with Gasteiger partial charge in [-0.25, -0.2) is 0 Å². The quantitative estimate of drug-likeness (QED) is 0.517. The van der Waals surface area contributed by atoms with Crippen LogP contribution in [0.15, 0.2) is 53.5 Å². The van der Waals surface area contributed by atoms with E-state index < -0.39 is 0 Å². The van der Waals surface area contributed by atoms with Crippen LogP contribution in [0.4, 0.5) is 0 Å². The van der Waals surface area contributed by atoms with Crippen molar-refractivity contribution in [1.29, 1.82) is 0 Å². The number of nitrogens with one attached hydrogen (secondary N) is 3. The third-order valence-electron chi connectivity index (χ3n) is 3.97. The summed E-state index contributed by atoms with van der Waals surface area (Å²) in [5, 5.41) is 9.98. The standard InChI is InChI=1S/C20H25ClN4O/c1-22-19(26)17-5-3-4-16(14-17)11-13-25-20(23-2)24-12-10-15-6-8-18(21)9-7-15/h3-9,14H,10-13H2,1-2H3,(H,22,26)(H2,23,24,25). The van der Waals surface area contributed by atoms with Crippen LogP contribution in [-0.2, 0) is 12.8 Å². The van der Waals surface area contributed by atoms with Crippen LogP contribution < -0.4 is 16.0 Å². The van der Waals surface area contributed by atoms with Crippen LogP contribution in [-0.4, -0.2) is 39.1 Å². The highest BCUT2D eigenvalue weighted by Crippen LogP contribution is 2.09. The van der Waals surface area contributed by atoms with Crippen molar-refractivity contribution in [2.24, 2.45) is 4.99 Å². The van der Waals surface area contributed by atoms with E-state index in [1.807, 2.05) is 48.5 Å². The van der Waals surface area contributed by atoms with Crippen molar-refractivity contribution in [2.75, 3.05) is 27.2 Å². The number of carbonyl (C=O) groups is 1. The van der Waals surface area contributed by atoms with Crippen molar-refractivity contribution in [3.8, 4) is 0 Å². The fourth-order valence-electron chi connectivity index (χ4n) is 2.53. The smallest absolute Gasteiger partial charge is 0.251 e. The van der Waals surface area contributed by atoms with E-state index in [-0.39, 0.29) is 5.91 Å². The zero-order chi connectivity index (χ0) is 18.8. The highest BCUT2D eigenvalue weighted by molar-refractivity contribution is 6.30. The maximum atomic E-state index is 11.7. The molecule has 2 aromatic carbocycles. The van der Waals surface area contributed by atoms with Crippen LogP contribution in [0, 0.1) is 0 Å². The van der Waals surface area contributed by atoms with E-state index >= 15 is 0 Å². The molecule has 0 spiro atoms. The van der Waals surface area contributed by atoms with Crippen molar-refractivity contribution < 1.29 is 4.79 Å². The molecular formula is C20H25ClN4O. The molecule has 0 aromatic heterocycles. The molecule has 0 aliphatic carbocycles. The Morgan fingerprint density at radius 3 is 2.27 bits per heavy atom. The van der Waals surface area contributed by atoms with Crippen molar-refractivity contribution >= 4 is 23.5 Å². The number of nitrogens with zero attached hydrogens (tertiary/aromatic N) is 1. The summed E-state index contributed by atoms with van der Waals surface area (Å²) >= 11 is 5.89. The zero-order valence-corrected chi connectivity index (χ0v) is 15.9. The zero-order valence-electron chi connectivity index (χ0n) is 15.2. The summed E-state index contributed by atoms with van der Waals surface area (Å²) in [6.07, 6.45) is 1.70. The molecule has 0 radical (unpaired) electrons. The second kappa shape index (κ2) is 10.5. The molecule has 0 aliphatic heterocycles. The van der Waals surface area contributed by atoms with Crippen molar-refractivity contribution in [1.82, 2.24) is 16.0 Å². The highest BCUT2D eigenvalue weighted by Gasteiger charge is 2.04. The molecule has 0 bridgehead atoms. The topological polar surface area (TPSA) is 65.5 Å². The Labute approximate surface area is 159 Å². The van der Waals surface area contributed by atoms with Crippen LogP contribution in [0.5, 0.6) is 0 Å². The predicted molar refractivity (Wildman–Crippen MR) is 108 cm³/mol. The summed E-state index contributed by atoms with van der Waals surface area (Å²) in [6.45, 7) is 1.52. The summed E-state index contributed by atoms with van der Waals surface area (Å²) in [4.78, 5) is 15.9. The summed E-state index contributed by atoms with van der Waals surface area (Å²) in [7, 11) is 3.39. The molecule has 6 heteroatoms. The van der Waals surface area contributed by atoms with Gasteiger partial charge in [0.15, 0.2) is 5.96 Å². The molecule has 0 atom stereocenters. The van der Waals surface area contributed by atoms with E-state index in [0.717, 1.165) is 42.5 Å². The van der Waals surface area contributed by atoms with E-state index in [9.17, 15) is 4.79 Å². The molecule has 0 saturated heterocycles. The third kappa shape index (κ3) is 6.41. The molecule has 2 aromatic rings. The maximum Gasteiger partial charge on any atom is 0.251 e. The summed E-state index contributed by atoms with van der Waals surface area (Å²) in [5.41, 5.74) is 3.01. The Morgan fingerprint density at radius 2 is 1.65 bits per heavy atom. The van der Waals surface area contributed by atoms with Gasteiger partial charge in [-0.2, -0.15) is 0 Å². The lowest BCUT2D eigenvalue weighted by atomic mass is 10.1. The van der Waals surface area contributed by atoms with Crippen molar-refractivity contribution in [3.63, 3.8) is 0 Å². The molecule has 0 heterocycles. The van der Waals surface area contributed by atoms with Gasteiger partial charge in [0.25, 0.3) is 5.91 Å². The lowest BCUT2D eigenvalue weighted by molar-refractivity contribution is 0.0963. The molecule has 26 heavy (non-hydrogen) atoms. The number of halogens is 1. The number of hydrogen-bond donors (Lipinski definition) is 3. The van der Waals surface area contributed by atoms with Gasteiger partial charge in [0.2, 0.25) is 0 Å². The maximum absolute atomic E-state index is 11.7. The fourth-order valence-corrected chi connectivity index (χ4v) is 2.66. The number of hydrogen-bond acceptors (Lipinski definition) is 2. The van der Waals surface area contributed by atoms with Crippen LogP contribution in [0.1, 0.15) is 21.5 Å². The molecule has 0 saturated carbocycles. The van der Waals surface area contributed by atoms with Gasteiger partial charge in [-0.3, -0.25) is 9.79 Å². The first-order chi connectivity index (χ1) is 12.6. The number of carbonyl (C=O) groups excluding carboxylic acids is 1. The first kappa shape index (κ1) is 19.8. The van der Waals surface area contributed by atoms with Crippen molar-refractivity contribution in [3.05, 3.63) is 70.2 Å². The minimum absolute atomic E-state index is 0.0699. The predicted octanol–water partition coefficient (Wildman–Crippen LogP) is 2.65. The van der Waals surface area contributed by atoms with Crippen LogP contribution in [0.3, 0.4) is 0 Å². The van der Waals surface area contributed by atoms with E-state index in [2.05, 4.69) is 20.9 Å². The molecule has 138 valence electrons. The Bertz CT molecular complexity index is 744. The van der Waals surface area contributed by atoms with Gasteiger partial charge >= 0.3 is 0 Å². The highest BCUT2D eigenvalue weighted by atomic mass is 35.5. The largest absolute Gasteiger partial charge is 0.356 e. The normalized spacial score (nSPS) is 11.1. The Kier molecular flexibility index (Phi) is 7.96. The fraction of sp³-hybridized carbons (Fsp3) is 0.300. The number of aliphatic imine (C=N–C) groups is 1. The number of benzene rings is 2. The number of amides is 1. The first-order valence-electron chi connectivity index (χ1n) is 8.62. The van der Waals surface area contributed by atoms with Gasteiger partial charge in [-0.05, 0) is 48.2 Å². The minimum Gasteiger partial charge on any atom is -0.356 e. The molecular weight excluding hydrogens is 348 g/mol. The van der Waals surface area contributed by atoms with Gasteiger partial charge < -0.3 is 16.0 Å². The van der Waals surface area contributed by atoms with Gasteiger partial charge in [0, 0.05) is 37.8 Å². The SMILES string of the molecule is CN=C(NCCc1ccc(Cl)cc1)NCCc1cccc(C(=O)NC)c1. The van der Waals surface area contributed by atoms with Crippen LogP contribution in [0.2, 0.25) is 5.02 Å². The summed E-state index contributed by atoms with van der Waals surface area (Å²) < 4.78 is 0. The lowest BCUT2D eigenvalue weighted by Gasteiger charge is -2.12. The minimum atomic E-state index is -0.0699. The third-order valence-corrected chi connectivity index (χ3v) is 4.22. The van der Waals surface area contributed by atoms with Gasteiger partial charge in [-0.15, -0.1) is 0 Å². The number of guanidine groups is 1. The molecule has 1 amide bonds. The lowest BCUT2D eigenvalue weighted by Crippen LogP contribution is -2.39. The average Bonchev–Trinajstić information content (AvgIpc) is 2.67. The van der Waals surface area contributed by atoms with Gasteiger partial charge in [0.1, 0.15) is 0 Å². The number of rotatable bonds is 7. The van der Waals surface area contributed by atoms with Crippen LogP contribution >= 0.6 is 11.6 Å². The Hall–Kier alpha value is -2.53. The van der Waals surface area contributed by atoms with Crippen molar-refractivity contribution in [2.45, 2.75) is 12.8 Å². The van der Waals surface area contributed by atoms with E-state index in [0.29, 0.717) is 5.56 Å². The molecule has 3 N–H and O–H groups in total. The molecule has 5 nitrogen and oxygen atoms in total. The second-order valence-corrected chi connectivity index (χ2v) is 6.27. The van der Waals surface area contributed by atoms with E-state index in [1.165, 1.54) is 5.56 Å². The molecule has 0 unspecified atom stereocenters. The monoisotopic (exact) mass is 372 g/mol. The summed E-state index contributed by atoms with van der Waals surface area (Å²) in [5.74, 6) is 0.695. The molecule has 2 rings (SSSR count). The average molecular weight is 373 g/mol.